The number of hydrogen-bond donors (Lipinski definition) is 2. The summed E-state index contributed by atoms with van der Waals surface area (Å²) in [6, 6.07) is 9.19. The molecule has 2 aromatic rings. The summed E-state index contributed by atoms with van der Waals surface area (Å²) < 4.78 is 0. The Bertz CT molecular complexity index is 482. The molecule has 4 heteroatoms. The van der Waals surface area contributed by atoms with Gasteiger partial charge in [-0.25, -0.2) is 5.48 Å². The van der Waals surface area contributed by atoms with E-state index in [0.29, 0.717) is 0 Å². The second-order valence-electron chi connectivity index (χ2n) is 2.86. The summed E-state index contributed by atoms with van der Waals surface area (Å²) in [5.74, 6) is -0.601. The average molecular weight is 188 g/mol. The van der Waals surface area contributed by atoms with Crippen LogP contribution >= 0.6 is 0 Å². The fourth-order valence-corrected chi connectivity index (χ4v) is 1.27. The van der Waals surface area contributed by atoms with Crippen molar-refractivity contribution in [1.29, 1.82) is 0 Å². The Balaban J connectivity index is 2.56. The lowest BCUT2D eigenvalue weighted by Crippen LogP contribution is -2.19. The molecular weight excluding hydrogens is 180 g/mol. The summed E-state index contributed by atoms with van der Waals surface area (Å²) in [4.78, 5) is 14.9. The molecule has 0 atom stereocenters. The number of fused-ring (bicyclic) bond motifs is 1. The number of hydrogen-bond acceptors (Lipinski definition) is 3. The van der Waals surface area contributed by atoms with Gasteiger partial charge in [-0.15, -0.1) is 0 Å². The van der Waals surface area contributed by atoms with Crippen molar-refractivity contribution in [2.24, 2.45) is 0 Å². The van der Waals surface area contributed by atoms with Gasteiger partial charge in [0.05, 0.1) is 0 Å². The molecule has 0 unspecified atom stereocenters. The maximum Gasteiger partial charge on any atom is 0.293 e. The molecule has 2 N–H and O–H groups in total. The largest absolute Gasteiger partial charge is 0.293 e. The van der Waals surface area contributed by atoms with Crippen molar-refractivity contribution in [3.8, 4) is 0 Å². The molecule has 0 saturated carbocycles. The van der Waals surface area contributed by atoms with E-state index in [-0.39, 0.29) is 5.69 Å². The summed E-state index contributed by atoms with van der Waals surface area (Å²) in [6.45, 7) is 0. The molecule has 0 spiro atoms. The molecule has 0 aliphatic carbocycles. The van der Waals surface area contributed by atoms with E-state index in [1.54, 1.807) is 17.7 Å². The highest BCUT2D eigenvalue weighted by Crippen LogP contribution is 2.12. The van der Waals surface area contributed by atoms with E-state index in [1.807, 2.05) is 24.3 Å². The van der Waals surface area contributed by atoms with E-state index in [9.17, 15) is 4.79 Å². The van der Waals surface area contributed by atoms with Crippen LogP contribution in [0.2, 0.25) is 0 Å². The average Bonchev–Trinajstić information content (AvgIpc) is 2.27. The van der Waals surface area contributed by atoms with Crippen LogP contribution in [-0.2, 0) is 0 Å². The molecule has 0 aliphatic heterocycles. The third-order valence-corrected chi connectivity index (χ3v) is 1.97. The summed E-state index contributed by atoms with van der Waals surface area (Å²) in [7, 11) is 0. The van der Waals surface area contributed by atoms with Crippen LogP contribution in [0.25, 0.3) is 10.8 Å². The molecule has 1 heterocycles. The fraction of sp³-hybridized carbons (Fsp3) is 0. The minimum Gasteiger partial charge on any atom is -0.288 e. The lowest BCUT2D eigenvalue weighted by molar-refractivity contribution is 0.0701. The minimum atomic E-state index is -0.601. The van der Waals surface area contributed by atoms with Crippen molar-refractivity contribution in [2.75, 3.05) is 0 Å². The monoisotopic (exact) mass is 188 g/mol. The van der Waals surface area contributed by atoms with E-state index >= 15 is 0 Å². The Hall–Kier alpha value is -1.94. The predicted molar refractivity (Wildman–Crippen MR) is 51.0 cm³/mol. The molecule has 1 aromatic heterocycles. The molecule has 1 amide bonds. The Kier molecular flexibility index (Phi) is 2.12. The van der Waals surface area contributed by atoms with Gasteiger partial charge in [0, 0.05) is 11.6 Å². The van der Waals surface area contributed by atoms with Crippen molar-refractivity contribution < 1.29 is 10.0 Å². The maximum absolute atomic E-state index is 11.0. The standard InChI is InChI=1S/C10H8N2O2/c13-10(12-14)9-5-7-3-1-2-4-8(7)6-11-9/h1-6,14H,(H,12,13). The van der Waals surface area contributed by atoms with Crippen LogP contribution in [0.15, 0.2) is 36.5 Å². The molecular formula is C10H8N2O2. The number of rotatable bonds is 1. The molecule has 70 valence electrons. The van der Waals surface area contributed by atoms with Crippen LogP contribution in [0.3, 0.4) is 0 Å². The lowest BCUT2D eigenvalue weighted by atomic mass is 10.1. The quantitative estimate of drug-likeness (QED) is 0.524. The molecule has 0 bridgehead atoms. The Morgan fingerprint density at radius 3 is 2.71 bits per heavy atom. The van der Waals surface area contributed by atoms with Gasteiger partial charge in [0.1, 0.15) is 5.69 Å². The van der Waals surface area contributed by atoms with Crippen molar-refractivity contribution in [3.05, 3.63) is 42.2 Å². The van der Waals surface area contributed by atoms with Gasteiger partial charge in [0.2, 0.25) is 0 Å². The first-order chi connectivity index (χ1) is 6.81. The number of nitrogens with zero attached hydrogens (tertiary/aromatic N) is 1. The molecule has 0 saturated heterocycles. The first-order valence-electron chi connectivity index (χ1n) is 4.10. The van der Waals surface area contributed by atoms with Crippen LogP contribution in [0.4, 0.5) is 0 Å². The second-order valence-corrected chi connectivity index (χ2v) is 2.86. The first kappa shape index (κ1) is 8.65. The van der Waals surface area contributed by atoms with Crippen LogP contribution in [0.5, 0.6) is 0 Å². The SMILES string of the molecule is O=C(NO)c1cc2ccccc2cn1. The topological polar surface area (TPSA) is 62.2 Å². The number of hydroxylamine groups is 1. The van der Waals surface area contributed by atoms with Crippen molar-refractivity contribution in [2.45, 2.75) is 0 Å². The van der Waals surface area contributed by atoms with Crippen molar-refractivity contribution in [3.63, 3.8) is 0 Å². The minimum absolute atomic E-state index is 0.200. The number of aromatic nitrogens is 1. The third kappa shape index (κ3) is 1.43. The van der Waals surface area contributed by atoms with Gasteiger partial charge in [0.25, 0.3) is 5.91 Å². The maximum atomic E-state index is 11.0. The number of nitrogens with one attached hydrogen (secondary N) is 1. The van der Waals surface area contributed by atoms with Gasteiger partial charge in [-0.3, -0.25) is 15.0 Å². The van der Waals surface area contributed by atoms with Gasteiger partial charge < -0.3 is 0 Å². The normalized spacial score (nSPS) is 10.1. The molecule has 4 nitrogen and oxygen atoms in total. The highest BCUT2D eigenvalue weighted by Gasteiger charge is 2.05. The number of carbonyl (C=O) groups is 1. The molecule has 2 rings (SSSR count). The van der Waals surface area contributed by atoms with Crippen LogP contribution in [0, 0.1) is 0 Å². The number of carbonyl (C=O) groups excluding carboxylic acids is 1. The molecule has 14 heavy (non-hydrogen) atoms. The highest BCUT2D eigenvalue weighted by atomic mass is 16.5. The van der Waals surface area contributed by atoms with Crippen LogP contribution in [0.1, 0.15) is 10.5 Å². The zero-order valence-electron chi connectivity index (χ0n) is 7.27. The zero-order chi connectivity index (χ0) is 9.97. The van der Waals surface area contributed by atoms with Crippen molar-refractivity contribution >= 4 is 16.7 Å². The van der Waals surface area contributed by atoms with Gasteiger partial charge in [-0.2, -0.15) is 0 Å². The van der Waals surface area contributed by atoms with Crippen LogP contribution < -0.4 is 5.48 Å². The van der Waals surface area contributed by atoms with Gasteiger partial charge in [-0.05, 0) is 11.5 Å². The highest BCUT2D eigenvalue weighted by molar-refractivity contribution is 5.95. The third-order valence-electron chi connectivity index (χ3n) is 1.97. The van der Waals surface area contributed by atoms with Gasteiger partial charge in [0.15, 0.2) is 0 Å². The second kappa shape index (κ2) is 3.43. The number of amides is 1. The van der Waals surface area contributed by atoms with Crippen molar-refractivity contribution in [1.82, 2.24) is 10.5 Å². The summed E-state index contributed by atoms with van der Waals surface area (Å²) in [6.07, 6.45) is 1.60. The van der Waals surface area contributed by atoms with Gasteiger partial charge >= 0.3 is 0 Å². The van der Waals surface area contributed by atoms with Crippen LogP contribution in [-0.4, -0.2) is 16.1 Å². The van der Waals surface area contributed by atoms with E-state index < -0.39 is 5.91 Å². The zero-order valence-corrected chi connectivity index (χ0v) is 7.27. The fourth-order valence-electron chi connectivity index (χ4n) is 1.27. The summed E-state index contributed by atoms with van der Waals surface area (Å²) >= 11 is 0. The van der Waals surface area contributed by atoms with E-state index in [0.717, 1.165) is 10.8 Å². The lowest BCUT2D eigenvalue weighted by Gasteiger charge is -2.00. The Labute approximate surface area is 80.2 Å². The summed E-state index contributed by atoms with van der Waals surface area (Å²) in [5.41, 5.74) is 1.74. The van der Waals surface area contributed by atoms with E-state index in [2.05, 4.69) is 4.98 Å². The predicted octanol–water partition coefficient (Wildman–Crippen LogP) is 1.35. The smallest absolute Gasteiger partial charge is 0.288 e. The number of benzene rings is 1. The molecule has 0 aliphatic rings. The molecule has 0 fully saturated rings. The van der Waals surface area contributed by atoms with E-state index in [4.69, 9.17) is 5.21 Å². The Morgan fingerprint density at radius 1 is 1.29 bits per heavy atom. The first-order valence-corrected chi connectivity index (χ1v) is 4.10. The summed E-state index contributed by atoms with van der Waals surface area (Å²) in [5, 5.41) is 10.3. The van der Waals surface area contributed by atoms with E-state index in [1.165, 1.54) is 0 Å². The Morgan fingerprint density at radius 2 is 2.00 bits per heavy atom. The number of pyridine rings is 1. The van der Waals surface area contributed by atoms with Gasteiger partial charge in [-0.1, -0.05) is 24.3 Å². The molecule has 1 aromatic carbocycles. The molecule has 0 radical (unpaired) electrons.